The zero-order valence-electron chi connectivity index (χ0n) is 13.9. The summed E-state index contributed by atoms with van der Waals surface area (Å²) in [6.07, 6.45) is -4.69. The van der Waals surface area contributed by atoms with Gasteiger partial charge in [0.25, 0.3) is 10.0 Å². The fraction of sp³-hybridized carbons (Fsp3) is 0.0667. The molecule has 0 aliphatic heterocycles. The summed E-state index contributed by atoms with van der Waals surface area (Å²) in [5.74, 6) is -2.50. The summed E-state index contributed by atoms with van der Waals surface area (Å²) >= 11 is 15.0. The van der Waals surface area contributed by atoms with Crippen molar-refractivity contribution in [2.24, 2.45) is 0 Å². The highest BCUT2D eigenvalue weighted by Crippen LogP contribution is 2.40. The van der Waals surface area contributed by atoms with Crippen LogP contribution in [0.5, 0.6) is 0 Å². The zero-order chi connectivity index (χ0) is 22.4. The molecule has 2 aromatic carbocycles. The van der Waals surface area contributed by atoms with Crippen LogP contribution >= 0.6 is 50.7 Å². The summed E-state index contributed by atoms with van der Waals surface area (Å²) in [5.41, 5.74) is -1.25. The van der Waals surface area contributed by atoms with Gasteiger partial charge in [-0.3, -0.25) is 4.72 Å². The van der Waals surface area contributed by atoms with Crippen LogP contribution in [0.1, 0.15) is 5.56 Å². The third-order valence-electron chi connectivity index (χ3n) is 3.51. The van der Waals surface area contributed by atoms with Gasteiger partial charge < -0.3 is 0 Å². The van der Waals surface area contributed by atoms with E-state index in [0.717, 1.165) is 0 Å². The number of alkyl halides is 3. The average Bonchev–Trinajstić information content (AvgIpc) is 3.03. The molecule has 1 aromatic heterocycles. The SMILES string of the molecule is O=S(=O)(Nc1nc(-c2c(Cl)cc(C(F)(F)F)cc2Cl)ns1)c1cc(F)c(Br)cc1F. The molecule has 15 heteroatoms. The molecule has 3 aromatic rings. The van der Waals surface area contributed by atoms with E-state index in [1.165, 1.54) is 0 Å². The molecule has 1 N–H and O–H groups in total. The van der Waals surface area contributed by atoms with Gasteiger partial charge in [0.2, 0.25) is 5.13 Å². The molecule has 30 heavy (non-hydrogen) atoms. The lowest BCUT2D eigenvalue weighted by atomic mass is 10.1. The van der Waals surface area contributed by atoms with Gasteiger partial charge in [0.1, 0.15) is 16.5 Å². The fourth-order valence-corrected chi connectivity index (χ4v) is 5.04. The molecule has 0 bridgehead atoms. The first-order valence-electron chi connectivity index (χ1n) is 7.37. The molecular weight excluding hydrogens is 564 g/mol. The molecule has 0 atom stereocenters. The highest BCUT2D eigenvalue weighted by Gasteiger charge is 2.32. The Kier molecular flexibility index (Phi) is 6.31. The lowest BCUT2D eigenvalue weighted by molar-refractivity contribution is -0.137. The summed E-state index contributed by atoms with van der Waals surface area (Å²) < 4.78 is 96.2. The quantitative estimate of drug-likeness (QED) is 0.293. The van der Waals surface area contributed by atoms with Gasteiger partial charge in [0, 0.05) is 11.5 Å². The van der Waals surface area contributed by atoms with Crippen molar-refractivity contribution in [1.82, 2.24) is 9.36 Å². The molecule has 0 saturated heterocycles. The largest absolute Gasteiger partial charge is 0.416 e. The maximum Gasteiger partial charge on any atom is 0.416 e. The standard InChI is InChI=1S/C15H5BrCl2F5N3O2S2/c16-6-3-10(20)11(4-9(6)19)30(27,28)26-14-24-13(25-29-14)12-7(17)1-5(2-8(12)18)15(21,22)23/h1-4H,(H,24,25,26). The number of hydrogen-bond donors (Lipinski definition) is 1. The third kappa shape index (κ3) is 4.69. The number of rotatable bonds is 4. The summed E-state index contributed by atoms with van der Waals surface area (Å²) in [6, 6.07) is 2.34. The second-order valence-corrected chi connectivity index (χ2v) is 9.61. The molecule has 5 nitrogen and oxygen atoms in total. The number of halogens is 8. The molecule has 0 spiro atoms. The predicted molar refractivity (Wildman–Crippen MR) is 105 cm³/mol. The van der Waals surface area contributed by atoms with Crippen LogP contribution in [0.15, 0.2) is 33.6 Å². The first-order chi connectivity index (χ1) is 13.8. The van der Waals surface area contributed by atoms with E-state index in [4.69, 9.17) is 23.2 Å². The number of nitrogens with one attached hydrogen (secondary N) is 1. The normalized spacial score (nSPS) is 12.3. The van der Waals surface area contributed by atoms with Gasteiger partial charge in [0.05, 0.1) is 25.6 Å². The lowest BCUT2D eigenvalue weighted by Crippen LogP contribution is -2.15. The molecule has 0 radical (unpaired) electrons. The van der Waals surface area contributed by atoms with Crippen molar-refractivity contribution in [1.29, 1.82) is 0 Å². The number of benzene rings is 2. The van der Waals surface area contributed by atoms with E-state index in [1.807, 2.05) is 4.72 Å². The highest BCUT2D eigenvalue weighted by atomic mass is 79.9. The smallest absolute Gasteiger partial charge is 0.253 e. The van der Waals surface area contributed by atoms with Crippen molar-refractivity contribution in [2.45, 2.75) is 11.1 Å². The number of anilines is 1. The maximum atomic E-state index is 14.0. The predicted octanol–water partition coefficient (Wildman–Crippen LogP) is 6.37. The Bertz CT molecular complexity index is 1230. The Morgan fingerprint density at radius 3 is 2.20 bits per heavy atom. The fourth-order valence-electron chi connectivity index (χ4n) is 2.20. The summed E-state index contributed by atoms with van der Waals surface area (Å²) in [7, 11) is -4.59. The Labute approximate surface area is 188 Å². The van der Waals surface area contributed by atoms with Gasteiger partial charge in [-0.2, -0.15) is 22.5 Å². The van der Waals surface area contributed by atoms with Gasteiger partial charge in [-0.15, -0.1) is 0 Å². The number of sulfonamides is 1. The van der Waals surface area contributed by atoms with E-state index in [1.54, 1.807) is 0 Å². The first kappa shape index (κ1) is 23.1. The topological polar surface area (TPSA) is 72.0 Å². The third-order valence-corrected chi connectivity index (χ3v) is 6.82. The van der Waals surface area contributed by atoms with E-state index in [-0.39, 0.29) is 21.0 Å². The average molecular weight is 569 g/mol. The summed E-state index contributed by atoms with van der Waals surface area (Å²) in [5, 5.41) is -1.20. The lowest BCUT2D eigenvalue weighted by Gasteiger charge is -2.10. The molecule has 1 heterocycles. The van der Waals surface area contributed by atoms with Crippen molar-refractivity contribution in [3.8, 4) is 11.4 Å². The maximum absolute atomic E-state index is 14.0. The molecule has 0 aliphatic rings. The van der Waals surface area contributed by atoms with E-state index in [2.05, 4.69) is 25.3 Å². The van der Waals surface area contributed by atoms with Gasteiger partial charge in [-0.25, -0.2) is 17.2 Å². The van der Waals surface area contributed by atoms with Gasteiger partial charge in [-0.1, -0.05) is 23.2 Å². The minimum absolute atomic E-state index is 0.158. The number of nitrogens with zero attached hydrogens (tertiary/aromatic N) is 2. The van der Waals surface area contributed by atoms with Gasteiger partial charge in [0.15, 0.2) is 5.82 Å². The Balaban J connectivity index is 1.95. The number of hydrogen-bond acceptors (Lipinski definition) is 5. The monoisotopic (exact) mass is 567 g/mol. The minimum atomic E-state index is -4.69. The Morgan fingerprint density at radius 1 is 1.03 bits per heavy atom. The van der Waals surface area contributed by atoms with E-state index in [9.17, 15) is 30.4 Å². The van der Waals surface area contributed by atoms with Crippen molar-refractivity contribution < 1.29 is 30.4 Å². The van der Waals surface area contributed by atoms with Crippen LogP contribution in [0, 0.1) is 11.6 Å². The van der Waals surface area contributed by atoms with Crippen LogP contribution in [-0.2, 0) is 16.2 Å². The molecule has 3 rings (SSSR count). The van der Waals surface area contributed by atoms with E-state index < -0.39 is 48.3 Å². The molecule has 160 valence electrons. The van der Waals surface area contributed by atoms with Gasteiger partial charge >= 0.3 is 6.18 Å². The molecule has 0 unspecified atom stereocenters. The molecule has 0 aliphatic carbocycles. The van der Waals surface area contributed by atoms with Crippen LogP contribution in [0.25, 0.3) is 11.4 Å². The van der Waals surface area contributed by atoms with Crippen LogP contribution < -0.4 is 4.72 Å². The number of aromatic nitrogens is 2. The van der Waals surface area contributed by atoms with Crippen molar-refractivity contribution in [3.63, 3.8) is 0 Å². The van der Waals surface area contributed by atoms with Crippen molar-refractivity contribution in [3.05, 3.63) is 56.0 Å². The van der Waals surface area contributed by atoms with Crippen molar-refractivity contribution in [2.75, 3.05) is 4.72 Å². The first-order valence-corrected chi connectivity index (χ1v) is 11.2. The van der Waals surface area contributed by atoms with E-state index >= 15 is 0 Å². The van der Waals surface area contributed by atoms with Crippen molar-refractivity contribution >= 4 is 65.8 Å². The molecular formula is C15H5BrCl2F5N3O2S2. The van der Waals surface area contributed by atoms with Gasteiger partial charge in [-0.05, 0) is 40.2 Å². The van der Waals surface area contributed by atoms with Crippen LogP contribution in [-0.4, -0.2) is 17.8 Å². The second-order valence-electron chi connectivity index (χ2n) is 5.54. The zero-order valence-corrected chi connectivity index (χ0v) is 18.6. The second kappa shape index (κ2) is 8.19. The van der Waals surface area contributed by atoms with Crippen LogP contribution in [0.2, 0.25) is 10.0 Å². The minimum Gasteiger partial charge on any atom is -0.253 e. The molecule has 0 fully saturated rings. The van der Waals surface area contributed by atoms with Crippen LogP contribution in [0.4, 0.5) is 27.1 Å². The Morgan fingerprint density at radius 2 is 1.63 bits per heavy atom. The summed E-state index contributed by atoms with van der Waals surface area (Å²) in [6.45, 7) is 0. The highest BCUT2D eigenvalue weighted by molar-refractivity contribution is 9.10. The van der Waals surface area contributed by atoms with E-state index in [0.29, 0.717) is 35.8 Å². The summed E-state index contributed by atoms with van der Waals surface area (Å²) in [4.78, 5) is 2.83. The Hall–Kier alpha value is -1.54. The molecule has 0 saturated carbocycles. The molecule has 0 amide bonds. The van der Waals surface area contributed by atoms with Crippen LogP contribution in [0.3, 0.4) is 0 Å².